The highest BCUT2D eigenvalue weighted by molar-refractivity contribution is 9.10. The number of hydrogen-bond donors (Lipinski definition) is 0. The molecule has 0 aliphatic carbocycles. The molecule has 2 aromatic carbocycles. The van der Waals surface area contributed by atoms with Gasteiger partial charge >= 0.3 is 0 Å². The Morgan fingerprint density at radius 3 is 2.47 bits per heavy atom. The van der Waals surface area contributed by atoms with Crippen molar-refractivity contribution in [2.45, 2.75) is 0 Å². The van der Waals surface area contributed by atoms with Gasteiger partial charge in [0, 0.05) is 16.6 Å². The molecule has 0 aliphatic rings. The molecule has 0 spiro atoms. The number of rotatable bonds is 2. The molecule has 0 atom stereocenters. The smallest absolute Gasteiger partial charge is 0.216 e. The summed E-state index contributed by atoms with van der Waals surface area (Å²) >= 11 is 3.16. The second-order valence-electron chi connectivity index (χ2n) is 3.46. The molecule has 4 heteroatoms. The average Bonchev–Trinajstić information content (AvgIpc) is 2.34. The third-order valence-electron chi connectivity index (χ3n) is 2.23. The van der Waals surface area contributed by atoms with E-state index >= 15 is 0 Å². The third kappa shape index (κ3) is 2.91. The Balaban J connectivity index is 2.36. The molecule has 0 aromatic heterocycles. The molecule has 0 N–H and O–H groups in total. The van der Waals surface area contributed by atoms with Gasteiger partial charge in [-0.15, -0.1) is 0 Å². The molecule has 17 heavy (non-hydrogen) atoms. The fraction of sp³-hybridized carbons (Fsp3) is 0. The van der Waals surface area contributed by atoms with E-state index in [-0.39, 0.29) is 5.56 Å². The van der Waals surface area contributed by atoms with E-state index in [2.05, 4.69) is 15.9 Å². The Kier molecular flexibility index (Phi) is 3.54. The molecule has 0 heterocycles. The predicted molar refractivity (Wildman–Crippen MR) is 69.0 cm³/mol. The lowest BCUT2D eigenvalue weighted by atomic mass is 10.2. The molecule has 0 unspecified atom stereocenters. The van der Waals surface area contributed by atoms with Crippen LogP contribution in [0.2, 0.25) is 0 Å². The first-order valence-corrected chi connectivity index (χ1v) is 5.77. The van der Waals surface area contributed by atoms with Gasteiger partial charge in [0.05, 0.1) is 5.56 Å². The number of benzene rings is 2. The van der Waals surface area contributed by atoms with Crippen molar-refractivity contribution < 1.29 is 9.13 Å². The van der Waals surface area contributed by atoms with Crippen LogP contribution in [0.5, 0.6) is 0 Å². The van der Waals surface area contributed by atoms with Gasteiger partial charge in [-0.05, 0) is 18.2 Å². The molecule has 0 aliphatic heterocycles. The zero-order valence-corrected chi connectivity index (χ0v) is 10.4. The van der Waals surface area contributed by atoms with Crippen molar-refractivity contribution in [2.75, 3.05) is 0 Å². The Labute approximate surface area is 107 Å². The molecule has 2 rings (SSSR count). The summed E-state index contributed by atoms with van der Waals surface area (Å²) < 4.78 is 14.8. The summed E-state index contributed by atoms with van der Waals surface area (Å²) in [5.41, 5.74) is 0.724. The zero-order valence-electron chi connectivity index (χ0n) is 8.81. The summed E-state index contributed by atoms with van der Waals surface area (Å²) in [7, 11) is 0. The highest BCUT2D eigenvalue weighted by Crippen LogP contribution is 2.15. The maximum Gasteiger partial charge on any atom is 0.216 e. The summed E-state index contributed by atoms with van der Waals surface area (Å²) in [6.45, 7) is 0. The van der Waals surface area contributed by atoms with E-state index in [1.54, 1.807) is 36.4 Å². The molecule has 0 saturated heterocycles. The Hall–Kier alpha value is -1.68. The highest BCUT2D eigenvalue weighted by Gasteiger charge is 2.05. The first-order chi connectivity index (χ1) is 8.16. The van der Waals surface area contributed by atoms with E-state index in [9.17, 15) is 9.60 Å². The van der Waals surface area contributed by atoms with Crippen LogP contribution in [0.15, 0.2) is 53.0 Å². The maximum absolute atomic E-state index is 13.5. The van der Waals surface area contributed by atoms with Crippen molar-refractivity contribution in [1.29, 1.82) is 0 Å². The quantitative estimate of drug-likeness (QED) is 0.357. The van der Waals surface area contributed by atoms with Crippen LogP contribution < -0.4 is 0 Å². The lowest BCUT2D eigenvalue weighted by molar-refractivity contribution is -0.354. The number of hydrogen-bond acceptors (Lipinski definition) is 1. The van der Waals surface area contributed by atoms with Crippen LogP contribution in [0.25, 0.3) is 0 Å². The van der Waals surface area contributed by atoms with Crippen LogP contribution in [0, 0.1) is 11.0 Å². The largest absolute Gasteiger partial charge is 0.618 e. The standard InChI is InChI=1S/C13H9BrFNO/c14-11-7-6-10(13(15)8-11)9-16(17)12-4-2-1-3-5-12/h1-9H. The fourth-order valence-electron chi connectivity index (χ4n) is 1.38. The number of para-hydroxylation sites is 1. The van der Waals surface area contributed by atoms with E-state index in [1.807, 2.05) is 6.07 Å². The second kappa shape index (κ2) is 5.10. The highest BCUT2D eigenvalue weighted by atomic mass is 79.9. The minimum atomic E-state index is -0.434. The van der Waals surface area contributed by atoms with Gasteiger partial charge in [0.2, 0.25) is 5.69 Å². The predicted octanol–water partition coefficient (Wildman–Crippen LogP) is 3.85. The van der Waals surface area contributed by atoms with E-state index in [4.69, 9.17) is 0 Å². The van der Waals surface area contributed by atoms with Crippen LogP contribution in [-0.2, 0) is 0 Å². The van der Waals surface area contributed by atoms with Gasteiger partial charge < -0.3 is 5.21 Å². The van der Waals surface area contributed by atoms with E-state index < -0.39 is 5.82 Å². The molecule has 0 radical (unpaired) electrons. The minimum Gasteiger partial charge on any atom is -0.618 e. The summed E-state index contributed by atoms with van der Waals surface area (Å²) in [6.07, 6.45) is 1.22. The molecule has 0 saturated carbocycles. The number of halogens is 2. The van der Waals surface area contributed by atoms with Crippen molar-refractivity contribution in [3.8, 4) is 0 Å². The van der Waals surface area contributed by atoms with Gasteiger partial charge in [0.1, 0.15) is 5.82 Å². The van der Waals surface area contributed by atoms with Crippen molar-refractivity contribution in [3.05, 3.63) is 69.6 Å². The van der Waals surface area contributed by atoms with Gasteiger partial charge in [-0.2, -0.15) is 4.74 Å². The Bertz CT molecular complexity index is 555. The lowest BCUT2D eigenvalue weighted by Crippen LogP contribution is -2.00. The van der Waals surface area contributed by atoms with Crippen LogP contribution >= 0.6 is 15.9 Å². The molecule has 0 amide bonds. The van der Waals surface area contributed by atoms with Crippen molar-refractivity contribution in [2.24, 2.45) is 0 Å². The topological polar surface area (TPSA) is 26.1 Å². The number of nitrogens with zero attached hydrogens (tertiary/aromatic N) is 1. The first kappa shape index (κ1) is 11.8. The summed E-state index contributed by atoms with van der Waals surface area (Å²) in [4.78, 5) is 0. The lowest BCUT2D eigenvalue weighted by Gasteiger charge is -2.03. The van der Waals surface area contributed by atoms with Crippen LogP contribution in [0.3, 0.4) is 0 Å². The van der Waals surface area contributed by atoms with Crippen molar-refractivity contribution in [1.82, 2.24) is 0 Å². The average molecular weight is 294 g/mol. The SMILES string of the molecule is [O-][N+](=Cc1ccc(Br)cc1F)c1ccccc1. The molecular weight excluding hydrogens is 285 g/mol. The van der Waals surface area contributed by atoms with Crippen molar-refractivity contribution >= 4 is 27.8 Å². The fourth-order valence-corrected chi connectivity index (χ4v) is 1.72. The molecule has 2 aromatic rings. The summed E-state index contributed by atoms with van der Waals surface area (Å²) in [5, 5.41) is 11.7. The van der Waals surface area contributed by atoms with E-state index in [0.717, 1.165) is 0 Å². The Morgan fingerprint density at radius 2 is 1.82 bits per heavy atom. The van der Waals surface area contributed by atoms with E-state index in [1.165, 1.54) is 12.3 Å². The second-order valence-corrected chi connectivity index (χ2v) is 4.37. The van der Waals surface area contributed by atoms with Gasteiger partial charge in [0.15, 0.2) is 6.21 Å². The monoisotopic (exact) mass is 293 g/mol. The maximum atomic E-state index is 13.5. The molecular formula is C13H9BrFNO. The third-order valence-corrected chi connectivity index (χ3v) is 2.72. The molecule has 86 valence electrons. The molecule has 0 bridgehead atoms. The minimum absolute atomic E-state index is 0.257. The first-order valence-electron chi connectivity index (χ1n) is 4.98. The Morgan fingerprint density at radius 1 is 1.12 bits per heavy atom. The summed E-state index contributed by atoms with van der Waals surface area (Å²) in [6, 6.07) is 13.2. The van der Waals surface area contributed by atoms with Crippen molar-refractivity contribution in [3.63, 3.8) is 0 Å². The van der Waals surface area contributed by atoms with Gasteiger partial charge in [-0.1, -0.05) is 34.1 Å². The zero-order chi connectivity index (χ0) is 12.3. The van der Waals surface area contributed by atoms with Crippen LogP contribution in [0.4, 0.5) is 10.1 Å². The van der Waals surface area contributed by atoms with Gasteiger partial charge in [-0.25, -0.2) is 4.39 Å². The normalized spacial score (nSPS) is 11.5. The molecule has 2 nitrogen and oxygen atoms in total. The van der Waals surface area contributed by atoms with Crippen LogP contribution in [0.1, 0.15) is 5.56 Å². The van der Waals surface area contributed by atoms with Crippen LogP contribution in [-0.4, -0.2) is 11.0 Å². The van der Waals surface area contributed by atoms with E-state index in [0.29, 0.717) is 14.9 Å². The van der Waals surface area contributed by atoms with Gasteiger partial charge in [0.25, 0.3) is 0 Å². The summed E-state index contributed by atoms with van der Waals surface area (Å²) in [5.74, 6) is -0.434. The molecule has 0 fully saturated rings. The van der Waals surface area contributed by atoms with Gasteiger partial charge in [-0.3, -0.25) is 0 Å².